The maximum Gasteiger partial charge on any atom is 0.132 e. The molecule has 0 N–H and O–H groups in total. The van der Waals surface area contributed by atoms with E-state index in [-0.39, 0.29) is 0 Å². The summed E-state index contributed by atoms with van der Waals surface area (Å²) in [7, 11) is 0. The first kappa shape index (κ1) is 52.9. The van der Waals surface area contributed by atoms with Crippen molar-refractivity contribution in [3.05, 3.63) is 37.0 Å². The van der Waals surface area contributed by atoms with Crippen LogP contribution in [-0.4, -0.2) is 13.7 Å². The molecule has 3 nitrogen and oxygen atoms in total. The summed E-state index contributed by atoms with van der Waals surface area (Å²) >= 11 is 13.1. The quantitative estimate of drug-likeness (QED) is 0.0420. The minimum absolute atomic E-state index is 0.749. The molecule has 0 aliphatic carbocycles. The number of hydrogen-bond donors (Lipinski definition) is 0. The Labute approximate surface area is 403 Å². The number of thiophene rings is 2. The van der Waals surface area contributed by atoms with Crippen LogP contribution < -0.4 is 0 Å². The minimum Gasteiger partial charge on any atom is -0.252 e. The molecule has 0 aliphatic heterocycles. The van der Waals surface area contributed by atoms with E-state index in [9.17, 15) is 0 Å². The van der Waals surface area contributed by atoms with Crippen molar-refractivity contribution in [1.29, 1.82) is 0 Å². The van der Waals surface area contributed by atoms with Crippen molar-refractivity contribution in [2.75, 3.05) is 0 Å². The highest BCUT2D eigenvalue weighted by atomic mass is 79.9. The molecule has 4 aromatic rings. The summed E-state index contributed by atoms with van der Waals surface area (Å²) in [5.41, 5.74) is 6.98. The fourth-order valence-electron chi connectivity index (χ4n) is 9.35. The molecule has 8 heteroatoms. The smallest absolute Gasteiger partial charge is 0.132 e. The van der Waals surface area contributed by atoms with Gasteiger partial charge in [-0.1, -0.05) is 233 Å². The lowest BCUT2D eigenvalue weighted by molar-refractivity contribution is 0.400. The van der Waals surface area contributed by atoms with E-state index in [1.54, 1.807) is 0 Å². The van der Waals surface area contributed by atoms with Gasteiger partial charge in [-0.25, -0.2) is 0 Å². The molecule has 0 fully saturated rings. The number of unbranched alkanes of at least 4 members (excludes halogenated alkanes) is 24. The number of nitrogens with zero attached hydrogens (tertiary/aromatic N) is 3. The maximum atomic E-state index is 5.18. The van der Waals surface area contributed by atoms with E-state index in [2.05, 4.69) is 77.9 Å². The molecule has 4 heterocycles. The third-order valence-corrected chi connectivity index (χ3v) is 17.7. The predicted molar refractivity (Wildman–Crippen MR) is 282 cm³/mol. The van der Waals surface area contributed by atoms with Crippen LogP contribution in [-0.2, 0) is 12.8 Å². The van der Waals surface area contributed by atoms with Crippen LogP contribution in [0.1, 0.15) is 244 Å². The van der Waals surface area contributed by atoms with Gasteiger partial charge in [-0.15, -0.1) is 22.7 Å². The molecule has 0 aliphatic rings. The van der Waals surface area contributed by atoms with Crippen molar-refractivity contribution >= 4 is 77.3 Å². The van der Waals surface area contributed by atoms with Gasteiger partial charge in [0.25, 0.3) is 0 Å². The van der Waals surface area contributed by atoms with Gasteiger partial charge in [0, 0.05) is 16.6 Å². The fraction of sp³-hybridized carbons (Fsp3) is 0.755. The first-order valence-electron chi connectivity index (χ1n) is 25.7. The van der Waals surface area contributed by atoms with Crippen molar-refractivity contribution in [2.45, 2.75) is 246 Å². The summed E-state index contributed by atoms with van der Waals surface area (Å²) in [6.45, 7) is 9.26. The van der Waals surface area contributed by atoms with Gasteiger partial charge in [0.15, 0.2) is 0 Å². The van der Waals surface area contributed by atoms with Crippen LogP contribution >= 0.6 is 66.3 Å². The Morgan fingerprint density at radius 2 is 0.787 bits per heavy atom. The van der Waals surface area contributed by atoms with Crippen molar-refractivity contribution < 1.29 is 0 Å². The lowest BCUT2D eigenvalue weighted by atomic mass is 9.89. The molecule has 2 unspecified atom stereocenters. The second-order valence-corrected chi connectivity index (χ2v) is 23.9. The number of fused-ring (bicyclic) bond motifs is 1. The Bertz CT molecular complexity index is 1570. The van der Waals surface area contributed by atoms with E-state index in [0.717, 1.165) is 47.0 Å². The van der Waals surface area contributed by atoms with Gasteiger partial charge in [-0.05, 0) is 79.8 Å². The van der Waals surface area contributed by atoms with Gasteiger partial charge in [-0.2, -0.15) is 8.75 Å². The first-order valence-corrected chi connectivity index (χ1v) is 29.6. The molecule has 0 bridgehead atoms. The van der Waals surface area contributed by atoms with E-state index in [4.69, 9.17) is 13.7 Å². The van der Waals surface area contributed by atoms with E-state index in [1.807, 2.05) is 22.7 Å². The SMILES string of the molecule is CCCCCCCCCCC(CCCCCCCC)Cc1cc(-c2cnc(-c3cc(CC(CCCCCCCC)CCCCCCCCCC)c(Br)s3)c3nsnc23)sc1Br. The number of hydrogen-bond acceptors (Lipinski definition) is 6. The number of rotatable bonds is 38. The lowest BCUT2D eigenvalue weighted by Gasteiger charge is -2.17. The molecule has 4 rings (SSSR count). The summed E-state index contributed by atoms with van der Waals surface area (Å²) in [6.07, 6.45) is 48.6. The normalized spacial score (nSPS) is 12.9. The molecule has 61 heavy (non-hydrogen) atoms. The molecule has 4 aromatic heterocycles. The van der Waals surface area contributed by atoms with Gasteiger partial charge >= 0.3 is 0 Å². The molecular formula is C53H85Br2N3S3. The zero-order chi connectivity index (χ0) is 43.3. The van der Waals surface area contributed by atoms with Crippen LogP contribution in [0.3, 0.4) is 0 Å². The molecular weight excluding hydrogens is 935 g/mol. The van der Waals surface area contributed by atoms with Crippen LogP contribution in [0, 0.1) is 11.8 Å². The molecule has 0 saturated carbocycles. The summed E-state index contributed by atoms with van der Waals surface area (Å²) in [4.78, 5) is 7.65. The average Bonchev–Trinajstić information content (AvgIpc) is 4.00. The molecule has 344 valence electrons. The molecule has 0 saturated heterocycles. The monoisotopic (exact) mass is 1020 g/mol. The van der Waals surface area contributed by atoms with Crippen molar-refractivity contribution in [3.63, 3.8) is 0 Å². The van der Waals surface area contributed by atoms with Crippen LogP contribution in [0.4, 0.5) is 0 Å². The van der Waals surface area contributed by atoms with Crippen molar-refractivity contribution in [2.24, 2.45) is 11.8 Å². The Kier molecular flexibility index (Phi) is 28.6. The Morgan fingerprint density at radius 3 is 1.20 bits per heavy atom. The minimum atomic E-state index is 0.749. The summed E-state index contributed by atoms with van der Waals surface area (Å²) in [5, 5.41) is 0. The van der Waals surface area contributed by atoms with E-state index in [0.29, 0.717) is 0 Å². The third-order valence-electron chi connectivity index (χ3n) is 13.2. The Hall–Kier alpha value is -0.670. The van der Waals surface area contributed by atoms with Gasteiger partial charge in [0.05, 0.1) is 24.2 Å². The predicted octanol–water partition coefficient (Wildman–Crippen LogP) is 20.9. The lowest BCUT2D eigenvalue weighted by Crippen LogP contribution is -2.05. The maximum absolute atomic E-state index is 5.18. The second-order valence-electron chi connectivity index (χ2n) is 18.6. The highest BCUT2D eigenvalue weighted by Gasteiger charge is 2.22. The standard InChI is InChI=1S/C53H85Br2N3S3/c1-5-9-13-17-21-23-27-31-35-42(33-29-25-19-15-11-7-3)37-44-39-47(59-52(44)54)46-41-56-50(51-49(46)57-61-58-51)48-40-45(53(55)60-48)38-43(34-30-26-20-16-12-8-4)36-32-28-24-22-18-14-10-6-2/h39-43H,5-38H2,1-4H3. The van der Waals surface area contributed by atoms with Crippen LogP contribution in [0.25, 0.3) is 32.0 Å². The summed E-state index contributed by atoms with van der Waals surface area (Å²) in [5.74, 6) is 1.50. The molecule has 0 amide bonds. The number of aromatic nitrogens is 3. The molecule has 0 aromatic carbocycles. The number of pyridine rings is 1. The van der Waals surface area contributed by atoms with Crippen molar-refractivity contribution in [1.82, 2.24) is 13.7 Å². The van der Waals surface area contributed by atoms with Crippen LogP contribution in [0.15, 0.2) is 25.9 Å². The topological polar surface area (TPSA) is 38.7 Å². The fourth-order valence-corrected chi connectivity index (χ4v) is 13.4. The molecule has 2 atom stereocenters. The van der Waals surface area contributed by atoms with Gasteiger partial charge in [-0.3, -0.25) is 4.98 Å². The van der Waals surface area contributed by atoms with Gasteiger partial charge in [0.1, 0.15) is 16.7 Å². The molecule has 0 spiro atoms. The summed E-state index contributed by atoms with van der Waals surface area (Å²) in [6, 6.07) is 4.87. The first-order chi connectivity index (χ1) is 30.0. The zero-order valence-corrected chi connectivity index (χ0v) is 44.9. The molecule has 0 radical (unpaired) electrons. The number of halogens is 2. The highest BCUT2D eigenvalue weighted by Crippen LogP contribution is 2.43. The van der Waals surface area contributed by atoms with E-state index < -0.39 is 0 Å². The third kappa shape index (κ3) is 20.2. The average molecular weight is 1020 g/mol. The largest absolute Gasteiger partial charge is 0.252 e. The van der Waals surface area contributed by atoms with E-state index in [1.165, 1.54) is 246 Å². The van der Waals surface area contributed by atoms with E-state index >= 15 is 0 Å². The highest BCUT2D eigenvalue weighted by molar-refractivity contribution is 9.11. The van der Waals surface area contributed by atoms with Crippen molar-refractivity contribution in [3.8, 4) is 21.0 Å². The van der Waals surface area contributed by atoms with Crippen LogP contribution in [0.2, 0.25) is 0 Å². The van der Waals surface area contributed by atoms with Gasteiger partial charge in [0.2, 0.25) is 0 Å². The van der Waals surface area contributed by atoms with Gasteiger partial charge < -0.3 is 0 Å². The summed E-state index contributed by atoms with van der Waals surface area (Å²) < 4.78 is 12.4. The Balaban J connectivity index is 1.42. The zero-order valence-electron chi connectivity index (χ0n) is 39.3. The second kappa shape index (κ2) is 32.9. The van der Waals surface area contributed by atoms with Crippen LogP contribution in [0.5, 0.6) is 0 Å². The Morgan fingerprint density at radius 1 is 0.443 bits per heavy atom.